The first kappa shape index (κ1) is 24.9. The molecule has 0 amide bonds. The van der Waals surface area contributed by atoms with Crippen molar-refractivity contribution in [2.75, 3.05) is 4.90 Å². The number of benzene rings is 1. The van der Waals surface area contributed by atoms with Crippen LogP contribution in [0.3, 0.4) is 0 Å². The molecule has 2 heterocycles. The highest BCUT2D eigenvalue weighted by Crippen LogP contribution is 2.58. The minimum Gasteiger partial charge on any atom is -0.507 e. The lowest BCUT2D eigenvalue weighted by atomic mass is 9.54. The Labute approximate surface area is 219 Å². The molecule has 0 aliphatic heterocycles. The molecule has 3 aromatic rings. The zero-order valence-corrected chi connectivity index (χ0v) is 21.9. The molecule has 1 N–H and O–H groups in total. The van der Waals surface area contributed by atoms with Gasteiger partial charge >= 0.3 is 5.69 Å². The molecule has 8 nitrogen and oxygen atoms in total. The summed E-state index contributed by atoms with van der Waals surface area (Å²) < 4.78 is 30.9. The summed E-state index contributed by atoms with van der Waals surface area (Å²) in [6.45, 7) is 4.40. The van der Waals surface area contributed by atoms with E-state index in [1.54, 1.807) is 18.3 Å². The fraction of sp³-hybridized carbons (Fsp3) is 0.536. The van der Waals surface area contributed by atoms with Crippen molar-refractivity contribution < 1.29 is 13.9 Å². The number of aromatic hydroxyl groups is 1. The lowest BCUT2D eigenvalue weighted by Crippen LogP contribution is -2.58. The summed E-state index contributed by atoms with van der Waals surface area (Å²) in [6, 6.07) is 5.70. The number of phenolic OH excluding ortho intramolecular Hbond substituents is 1. The topological polar surface area (TPSA) is 97.0 Å². The van der Waals surface area contributed by atoms with Crippen molar-refractivity contribution in [1.82, 2.24) is 24.7 Å². The van der Waals surface area contributed by atoms with Gasteiger partial charge in [-0.3, -0.25) is 4.57 Å². The van der Waals surface area contributed by atoms with Gasteiger partial charge in [0.25, 0.3) is 0 Å². The molecular formula is C28H32F2N6O2. The van der Waals surface area contributed by atoms with Crippen molar-refractivity contribution in [2.24, 2.45) is 17.9 Å². The van der Waals surface area contributed by atoms with Gasteiger partial charge in [-0.15, -0.1) is 10.2 Å². The average Bonchev–Trinajstić information content (AvgIpc) is 3.71. The minimum absolute atomic E-state index is 0.113. The molecule has 4 atom stereocenters. The molecule has 2 bridgehead atoms. The second-order valence-electron chi connectivity index (χ2n) is 12.0. The molecule has 3 saturated carbocycles. The molecule has 0 unspecified atom stereocenters. The van der Waals surface area contributed by atoms with Gasteiger partial charge in [0.1, 0.15) is 11.9 Å². The van der Waals surface area contributed by atoms with Crippen LogP contribution in [0.1, 0.15) is 58.8 Å². The lowest BCUT2D eigenvalue weighted by Gasteiger charge is -2.56. The van der Waals surface area contributed by atoms with Crippen LogP contribution in [0, 0.1) is 16.8 Å². The number of hydrogen-bond donors (Lipinski definition) is 1. The van der Waals surface area contributed by atoms with Gasteiger partial charge in [-0.25, -0.2) is 14.2 Å². The van der Waals surface area contributed by atoms with Gasteiger partial charge < -0.3 is 10.0 Å². The first-order valence-corrected chi connectivity index (χ1v) is 13.3. The zero-order chi connectivity index (χ0) is 26.8. The fourth-order valence-electron chi connectivity index (χ4n) is 6.82. The van der Waals surface area contributed by atoms with Crippen LogP contribution in [0.5, 0.6) is 5.75 Å². The van der Waals surface area contributed by atoms with E-state index in [4.69, 9.17) is 0 Å². The van der Waals surface area contributed by atoms with Crippen LogP contribution in [0.25, 0.3) is 22.6 Å². The van der Waals surface area contributed by atoms with E-state index in [0.29, 0.717) is 16.9 Å². The molecule has 10 heteroatoms. The minimum atomic E-state index is -0.942. The van der Waals surface area contributed by atoms with E-state index in [1.165, 1.54) is 13.1 Å². The van der Waals surface area contributed by atoms with E-state index in [-0.39, 0.29) is 40.2 Å². The third-order valence-electron chi connectivity index (χ3n) is 8.79. The molecule has 1 aromatic carbocycles. The fourth-order valence-corrected chi connectivity index (χ4v) is 6.82. The van der Waals surface area contributed by atoms with Crippen LogP contribution in [0.15, 0.2) is 35.3 Å². The summed E-state index contributed by atoms with van der Waals surface area (Å²) in [7, 11) is 1.29. The van der Waals surface area contributed by atoms with E-state index < -0.39 is 17.8 Å². The quantitative estimate of drug-likeness (QED) is 0.481. The summed E-state index contributed by atoms with van der Waals surface area (Å²) in [5.74, 6) is -0.101. The SMILES string of the molecule is Cn1c(F)cc(-c2ccc(-c3ncc(N(C4CC4)[C@@H]4C[C@@]5(C)CCC[C@](C)(C5)[C@@H]4F)nn3)c(O)c2)nc1=O. The van der Waals surface area contributed by atoms with Gasteiger partial charge in [-0.05, 0) is 56.1 Å². The van der Waals surface area contributed by atoms with Crippen molar-refractivity contribution >= 4 is 5.82 Å². The Balaban J connectivity index is 1.28. The predicted molar refractivity (Wildman–Crippen MR) is 139 cm³/mol. The van der Waals surface area contributed by atoms with Crippen LogP contribution in [0.4, 0.5) is 14.6 Å². The number of rotatable bonds is 5. The van der Waals surface area contributed by atoms with Crippen LogP contribution in [-0.4, -0.2) is 48.1 Å². The number of fused-ring (bicyclic) bond motifs is 2. The largest absolute Gasteiger partial charge is 0.507 e. The summed E-state index contributed by atoms with van der Waals surface area (Å²) in [4.78, 5) is 22.3. The first-order chi connectivity index (χ1) is 18.1. The van der Waals surface area contributed by atoms with Crippen LogP contribution < -0.4 is 10.6 Å². The second-order valence-corrected chi connectivity index (χ2v) is 12.0. The van der Waals surface area contributed by atoms with Crippen LogP contribution in [-0.2, 0) is 7.05 Å². The van der Waals surface area contributed by atoms with Gasteiger partial charge in [0.2, 0.25) is 0 Å². The Kier molecular flexibility index (Phi) is 5.77. The summed E-state index contributed by atoms with van der Waals surface area (Å²) in [6.07, 6.45) is 7.51. The van der Waals surface area contributed by atoms with Crippen molar-refractivity contribution in [2.45, 2.75) is 77.0 Å². The predicted octanol–water partition coefficient (Wildman–Crippen LogP) is 4.81. The Morgan fingerprint density at radius 3 is 2.61 bits per heavy atom. The average molecular weight is 523 g/mol. The number of aromatic nitrogens is 5. The Bertz CT molecular complexity index is 1440. The maximum absolute atomic E-state index is 16.1. The van der Waals surface area contributed by atoms with E-state index >= 15 is 4.39 Å². The molecule has 0 radical (unpaired) electrons. The van der Waals surface area contributed by atoms with Crippen LogP contribution in [0.2, 0.25) is 0 Å². The molecule has 3 aliphatic carbocycles. The molecule has 38 heavy (non-hydrogen) atoms. The highest BCUT2D eigenvalue weighted by atomic mass is 19.1. The first-order valence-electron chi connectivity index (χ1n) is 13.3. The Hall–Kier alpha value is -3.43. The molecule has 3 aliphatic rings. The molecule has 2 aromatic heterocycles. The van der Waals surface area contributed by atoms with Gasteiger partial charge in [0.05, 0.1) is 23.5 Å². The molecule has 3 fully saturated rings. The summed E-state index contributed by atoms with van der Waals surface area (Å²) in [5.41, 5.74) is -0.0909. The van der Waals surface area contributed by atoms with Crippen molar-refractivity contribution in [1.29, 1.82) is 0 Å². The van der Waals surface area contributed by atoms with E-state index in [9.17, 15) is 14.3 Å². The Morgan fingerprint density at radius 1 is 1.16 bits per heavy atom. The number of anilines is 1. The third-order valence-corrected chi connectivity index (χ3v) is 8.79. The summed E-state index contributed by atoms with van der Waals surface area (Å²) in [5, 5.41) is 19.4. The van der Waals surface area contributed by atoms with Gasteiger partial charge in [-0.1, -0.05) is 26.3 Å². The molecule has 0 spiro atoms. The maximum Gasteiger partial charge on any atom is 0.350 e. The van der Waals surface area contributed by atoms with Gasteiger partial charge in [0, 0.05) is 30.1 Å². The second kappa shape index (κ2) is 8.81. The van der Waals surface area contributed by atoms with Crippen molar-refractivity contribution in [3.8, 4) is 28.4 Å². The van der Waals surface area contributed by atoms with Crippen molar-refractivity contribution in [3.05, 3.63) is 46.9 Å². The zero-order valence-electron chi connectivity index (χ0n) is 21.9. The molecule has 200 valence electrons. The number of phenols is 1. The Morgan fingerprint density at radius 2 is 1.95 bits per heavy atom. The lowest BCUT2D eigenvalue weighted by molar-refractivity contribution is -0.0554. The van der Waals surface area contributed by atoms with Crippen molar-refractivity contribution in [3.63, 3.8) is 0 Å². The highest BCUT2D eigenvalue weighted by Gasteiger charge is 2.56. The van der Waals surface area contributed by atoms with E-state index in [0.717, 1.165) is 55.6 Å². The molecular weight excluding hydrogens is 490 g/mol. The maximum atomic E-state index is 16.1. The van der Waals surface area contributed by atoms with E-state index in [1.807, 2.05) is 0 Å². The van der Waals surface area contributed by atoms with Gasteiger partial charge in [0.15, 0.2) is 17.6 Å². The summed E-state index contributed by atoms with van der Waals surface area (Å²) >= 11 is 0. The number of halogens is 2. The van der Waals surface area contributed by atoms with Gasteiger partial charge in [-0.2, -0.15) is 9.37 Å². The standard InChI is InChI=1S/C28H32F2N6O2/c1-27-9-4-10-28(2,15-27)24(30)20(13-27)36(17-6-7-17)23-14-31-25(34-33-23)18-8-5-16(11-21(18)37)19-12-22(29)35(3)26(38)32-19/h5,8,11-12,14,17,20,24,37H,4,6-7,9-10,13,15H2,1-3H3/t20-,24-,27-,28-/m1/s1. The highest BCUT2D eigenvalue weighted by molar-refractivity contribution is 5.71. The number of hydrogen-bond acceptors (Lipinski definition) is 7. The number of alkyl halides is 1. The molecule has 0 saturated heterocycles. The molecule has 6 rings (SSSR count). The smallest absolute Gasteiger partial charge is 0.350 e. The normalized spacial score (nSPS) is 28.8. The number of nitrogens with zero attached hydrogens (tertiary/aromatic N) is 6. The van der Waals surface area contributed by atoms with E-state index in [2.05, 4.69) is 38.9 Å². The monoisotopic (exact) mass is 522 g/mol. The van der Waals surface area contributed by atoms with Crippen LogP contribution >= 0.6 is 0 Å². The third kappa shape index (κ3) is 4.23.